The van der Waals surface area contributed by atoms with Crippen LogP contribution in [0.4, 0.5) is 0 Å². The maximum absolute atomic E-state index is 10.9. The first-order valence-corrected chi connectivity index (χ1v) is 3.83. The highest BCUT2D eigenvalue weighted by Crippen LogP contribution is 2.03. The molecule has 5 heteroatoms. The number of allylic oxidation sites excluding steroid dienone is 1. The molecule has 3 unspecified atom stereocenters. The number of carbonyl (C=O) groups is 1. The largest absolute Gasteiger partial charge is 0.394 e. The second kappa shape index (κ2) is 5.82. The molecule has 76 valence electrons. The van der Waals surface area contributed by atoms with Crippen LogP contribution in [0.3, 0.4) is 0 Å². The molecule has 0 heterocycles. The summed E-state index contributed by atoms with van der Waals surface area (Å²) in [5, 5.41) is 35.5. The Morgan fingerprint density at radius 1 is 1.38 bits per heavy atom. The van der Waals surface area contributed by atoms with Gasteiger partial charge in [0, 0.05) is 6.42 Å². The molecule has 0 aromatic rings. The smallest absolute Gasteiger partial charge is 0.167 e. The van der Waals surface area contributed by atoms with E-state index >= 15 is 0 Å². The van der Waals surface area contributed by atoms with Gasteiger partial charge in [-0.15, -0.1) is 6.58 Å². The second-order valence-electron chi connectivity index (χ2n) is 2.64. The van der Waals surface area contributed by atoms with Crippen LogP contribution in [0.1, 0.15) is 6.42 Å². The van der Waals surface area contributed by atoms with E-state index in [0.717, 1.165) is 0 Å². The Kier molecular flexibility index (Phi) is 5.48. The number of hydrogen-bond acceptors (Lipinski definition) is 5. The topological polar surface area (TPSA) is 98.0 Å². The van der Waals surface area contributed by atoms with Crippen molar-refractivity contribution < 1.29 is 25.2 Å². The van der Waals surface area contributed by atoms with Gasteiger partial charge in [-0.2, -0.15) is 0 Å². The summed E-state index contributed by atoms with van der Waals surface area (Å²) < 4.78 is 0. The molecule has 0 radical (unpaired) electrons. The van der Waals surface area contributed by atoms with Crippen LogP contribution < -0.4 is 0 Å². The van der Waals surface area contributed by atoms with E-state index in [9.17, 15) is 4.79 Å². The maximum Gasteiger partial charge on any atom is 0.167 e. The SMILES string of the molecule is C=CCC(=O)C(O)C(O)C(O)CO. The van der Waals surface area contributed by atoms with Gasteiger partial charge < -0.3 is 20.4 Å². The minimum absolute atomic E-state index is 0.0869. The molecule has 0 rings (SSSR count). The lowest BCUT2D eigenvalue weighted by atomic mass is 10.0. The van der Waals surface area contributed by atoms with Crippen LogP contribution in [0.5, 0.6) is 0 Å². The van der Waals surface area contributed by atoms with Crippen LogP contribution in [-0.2, 0) is 4.79 Å². The summed E-state index contributed by atoms with van der Waals surface area (Å²) in [5.74, 6) is -0.644. The van der Waals surface area contributed by atoms with E-state index in [4.69, 9.17) is 20.4 Å². The van der Waals surface area contributed by atoms with Gasteiger partial charge in [0.1, 0.15) is 18.3 Å². The Labute approximate surface area is 75.9 Å². The lowest BCUT2D eigenvalue weighted by Crippen LogP contribution is -2.43. The molecule has 3 atom stereocenters. The van der Waals surface area contributed by atoms with Gasteiger partial charge in [-0.3, -0.25) is 4.79 Å². The molecule has 0 aromatic heterocycles. The van der Waals surface area contributed by atoms with Crippen molar-refractivity contribution in [3.63, 3.8) is 0 Å². The molecule has 0 fully saturated rings. The minimum Gasteiger partial charge on any atom is -0.394 e. The van der Waals surface area contributed by atoms with Gasteiger partial charge in [-0.1, -0.05) is 6.08 Å². The predicted molar refractivity (Wildman–Crippen MR) is 44.9 cm³/mol. The number of carbonyl (C=O) groups excluding carboxylic acids is 1. The first kappa shape index (κ1) is 12.2. The van der Waals surface area contributed by atoms with Gasteiger partial charge in [0.15, 0.2) is 5.78 Å². The second-order valence-corrected chi connectivity index (χ2v) is 2.64. The Morgan fingerprint density at radius 2 is 1.92 bits per heavy atom. The molecule has 5 nitrogen and oxygen atoms in total. The Hall–Kier alpha value is -0.750. The van der Waals surface area contributed by atoms with Crippen molar-refractivity contribution in [2.24, 2.45) is 0 Å². The standard InChI is InChI=1S/C8H14O5/c1-2-3-5(10)7(12)8(13)6(11)4-9/h2,6-9,11-13H,1,3-4H2. The summed E-state index contributed by atoms with van der Waals surface area (Å²) in [6, 6.07) is 0. The highest BCUT2D eigenvalue weighted by molar-refractivity contribution is 5.84. The highest BCUT2D eigenvalue weighted by Gasteiger charge is 2.28. The van der Waals surface area contributed by atoms with Crippen LogP contribution in [0.25, 0.3) is 0 Å². The number of rotatable bonds is 6. The van der Waals surface area contributed by atoms with Crippen molar-refractivity contribution in [2.45, 2.75) is 24.7 Å². The zero-order valence-corrected chi connectivity index (χ0v) is 7.13. The maximum atomic E-state index is 10.9. The third-order valence-electron chi connectivity index (χ3n) is 1.58. The van der Waals surface area contributed by atoms with E-state index in [1.54, 1.807) is 0 Å². The molecule has 13 heavy (non-hydrogen) atoms. The van der Waals surface area contributed by atoms with Gasteiger partial charge in [-0.25, -0.2) is 0 Å². The number of aliphatic hydroxyl groups is 4. The van der Waals surface area contributed by atoms with E-state index in [0.29, 0.717) is 0 Å². The Morgan fingerprint density at radius 3 is 2.31 bits per heavy atom. The van der Waals surface area contributed by atoms with Crippen molar-refractivity contribution in [1.82, 2.24) is 0 Å². The van der Waals surface area contributed by atoms with Crippen LogP contribution in [0.2, 0.25) is 0 Å². The third-order valence-corrected chi connectivity index (χ3v) is 1.58. The number of Topliss-reactive ketones (excluding diaryl/α,β-unsaturated/α-hetero) is 1. The van der Waals surface area contributed by atoms with Crippen LogP contribution in [0.15, 0.2) is 12.7 Å². The fraction of sp³-hybridized carbons (Fsp3) is 0.625. The quantitative estimate of drug-likeness (QED) is 0.371. The van der Waals surface area contributed by atoms with Crippen molar-refractivity contribution in [2.75, 3.05) is 6.61 Å². The summed E-state index contributed by atoms with van der Waals surface area (Å²) in [6.45, 7) is 2.57. The lowest BCUT2D eigenvalue weighted by Gasteiger charge is -2.19. The van der Waals surface area contributed by atoms with Crippen LogP contribution >= 0.6 is 0 Å². The minimum atomic E-state index is -1.68. The molecular weight excluding hydrogens is 176 g/mol. The third kappa shape index (κ3) is 3.65. The van der Waals surface area contributed by atoms with Crippen molar-refractivity contribution >= 4 is 5.78 Å². The zero-order valence-electron chi connectivity index (χ0n) is 7.13. The summed E-state index contributed by atoms with van der Waals surface area (Å²) in [7, 11) is 0. The molecule has 0 spiro atoms. The molecule has 0 bridgehead atoms. The van der Waals surface area contributed by atoms with Crippen molar-refractivity contribution in [3.05, 3.63) is 12.7 Å². The first-order valence-electron chi connectivity index (χ1n) is 3.83. The van der Waals surface area contributed by atoms with Gasteiger partial charge in [0.25, 0.3) is 0 Å². The van der Waals surface area contributed by atoms with E-state index in [2.05, 4.69) is 6.58 Å². The molecule has 0 aliphatic heterocycles. The molecule has 0 amide bonds. The summed E-state index contributed by atoms with van der Waals surface area (Å²) in [6.07, 6.45) is -3.65. The molecule has 4 N–H and O–H groups in total. The molecule has 0 aromatic carbocycles. The van der Waals surface area contributed by atoms with Crippen LogP contribution in [-0.4, -0.2) is 51.1 Å². The number of hydrogen-bond donors (Lipinski definition) is 4. The van der Waals surface area contributed by atoms with E-state index in [1.807, 2.05) is 0 Å². The predicted octanol–water partition coefficient (Wildman–Crippen LogP) is -1.79. The first-order chi connectivity index (χ1) is 6.04. The normalized spacial score (nSPS) is 17.5. The van der Waals surface area contributed by atoms with Gasteiger partial charge in [0.05, 0.1) is 6.61 Å². The van der Waals surface area contributed by atoms with Crippen LogP contribution in [0, 0.1) is 0 Å². The average molecular weight is 190 g/mol. The van der Waals surface area contributed by atoms with Gasteiger partial charge in [-0.05, 0) is 0 Å². The number of ketones is 1. The van der Waals surface area contributed by atoms with Gasteiger partial charge >= 0.3 is 0 Å². The van der Waals surface area contributed by atoms with Crippen molar-refractivity contribution in [3.8, 4) is 0 Å². The summed E-state index contributed by atoms with van der Waals surface area (Å²) in [5.41, 5.74) is 0. The monoisotopic (exact) mass is 190 g/mol. The highest BCUT2D eigenvalue weighted by atomic mass is 16.4. The summed E-state index contributed by atoms with van der Waals surface area (Å²) in [4.78, 5) is 10.9. The van der Waals surface area contributed by atoms with Gasteiger partial charge in [0.2, 0.25) is 0 Å². The molecule has 0 aliphatic carbocycles. The summed E-state index contributed by atoms with van der Waals surface area (Å²) >= 11 is 0. The average Bonchev–Trinajstić information content (AvgIpc) is 2.14. The molecule has 0 saturated carbocycles. The fourth-order valence-corrected chi connectivity index (χ4v) is 0.772. The lowest BCUT2D eigenvalue weighted by molar-refractivity contribution is -0.139. The molecular formula is C8H14O5. The Bertz CT molecular complexity index is 179. The van der Waals surface area contributed by atoms with E-state index in [-0.39, 0.29) is 6.42 Å². The van der Waals surface area contributed by atoms with E-state index in [1.165, 1.54) is 6.08 Å². The number of aliphatic hydroxyl groups excluding tert-OH is 4. The van der Waals surface area contributed by atoms with E-state index < -0.39 is 30.7 Å². The molecule has 0 aliphatic rings. The molecule has 0 saturated heterocycles. The Balaban J connectivity index is 4.15. The fourth-order valence-electron chi connectivity index (χ4n) is 0.772. The zero-order chi connectivity index (χ0) is 10.4. The van der Waals surface area contributed by atoms with Crippen molar-refractivity contribution in [1.29, 1.82) is 0 Å².